The normalized spacial score (nSPS) is 16.5. The fourth-order valence-electron chi connectivity index (χ4n) is 3.50. The molecule has 1 saturated heterocycles. The molecule has 1 aliphatic rings. The van der Waals surface area contributed by atoms with Crippen molar-refractivity contribution in [2.24, 2.45) is 0 Å². The van der Waals surface area contributed by atoms with E-state index in [2.05, 4.69) is 4.74 Å². The van der Waals surface area contributed by atoms with Crippen LogP contribution < -0.4 is 4.74 Å². The minimum Gasteiger partial charge on any atom is -0.465 e. The van der Waals surface area contributed by atoms with Crippen molar-refractivity contribution in [3.05, 3.63) is 65.5 Å². The lowest BCUT2D eigenvalue weighted by Crippen LogP contribution is -2.49. The Morgan fingerprint density at radius 1 is 1.07 bits per heavy atom. The average molecular weight is 412 g/mol. The molecule has 9 heteroatoms. The van der Waals surface area contributed by atoms with E-state index >= 15 is 0 Å². The number of carboxylic acid groups (broad SMARTS) is 1. The second-order valence-corrected chi connectivity index (χ2v) is 6.74. The molecule has 3 rings (SSSR count). The molecule has 1 heterocycles. The van der Waals surface area contributed by atoms with E-state index in [0.717, 1.165) is 0 Å². The number of hydrogen-bond donors (Lipinski definition) is 1. The molecule has 0 aromatic heterocycles. The van der Waals surface area contributed by atoms with Crippen molar-refractivity contribution >= 4 is 6.09 Å². The van der Waals surface area contributed by atoms with E-state index in [1.54, 1.807) is 24.3 Å². The summed E-state index contributed by atoms with van der Waals surface area (Å²) in [5.41, 5.74) is 0.940. The molecule has 0 radical (unpaired) electrons. The van der Waals surface area contributed by atoms with E-state index in [-0.39, 0.29) is 25.3 Å². The molecule has 2 aromatic carbocycles. The summed E-state index contributed by atoms with van der Waals surface area (Å²) in [6.07, 6.45) is -5.68. The SMILES string of the molecule is O=C(O)N1CCN(C(Cc2ccccc2OC(F)(F)F)c2cccc(F)c2)CC1. The summed E-state index contributed by atoms with van der Waals surface area (Å²) in [6, 6.07) is 11.3. The maximum Gasteiger partial charge on any atom is 0.573 e. The molecule has 156 valence electrons. The van der Waals surface area contributed by atoms with E-state index < -0.39 is 24.3 Å². The van der Waals surface area contributed by atoms with Gasteiger partial charge in [0.05, 0.1) is 0 Å². The van der Waals surface area contributed by atoms with Crippen LogP contribution in [0.3, 0.4) is 0 Å². The molecule has 29 heavy (non-hydrogen) atoms. The third-order valence-electron chi connectivity index (χ3n) is 4.87. The number of halogens is 4. The van der Waals surface area contributed by atoms with Crippen LogP contribution in [0.15, 0.2) is 48.5 Å². The van der Waals surface area contributed by atoms with Crippen LogP contribution in [0.1, 0.15) is 17.2 Å². The molecule has 5 nitrogen and oxygen atoms in total. The van der Waals surface area contributed by atoms with Gasteiger partial charge in [0.1, 0.15) is 11.6 Å². The van der Waals surface area contributed by atoms with Crippen LogP contribution >= 0.6 is 0 Å². The summed E-state index contributed by atoms with van der Waals surface area (Å²) in [5.74, 6) is -0.748. The zero-order valence-electron chi connectivity index (χ0n) is 15.4. The first-order valence-electron chi connectivity index (χ1n) is 9.04. The van der Waals surface area contributed by atoms with Gasteiger partial charge in [0.15, 0.2) is 0 Å². The van der Waals surface area contributed by atoms with Crippen molar-refractivity contribution in [2.75, 3.05) is 26.2 Å². The highest BCUT2D eigenvalue weighted by Gasteiger charge is 2.33. The average Bonchev–Trinajstić information content (AvgIpc) is 2.66. The number of amides is 1. The smallest absolute Gasteiger partial charge is 0.465 e. The summed E-state index contributed by atoms with van der Waals surface area (Å²) in [6.45, 7) is 1.30. The number of ether oxygens (including phenoxy) is 1. The Labute approximate surface area is 165 Å². The summed E-state index contributed by atoms with van der Waals surface area (Å²) >= 11 is 0. The predicted octanol–water partition coefficient (Wildman–Crippen LogP) is 4.30. The molecule has 0 spiro atoms. The molecular formula is C20H20F4N2O3. The van der Waals surface area contributed by atoms with Crippen LogP contribution in [0.4, 0.5) is 22.4 Å². The second-order valence-electron chi connectivity index (χ2n) is 6.74. The Balaban J connectivity index is 1.88. The van der Waals surface area contributed by atoms with Crippen LogP contribution in [0.25, 0.3) is 0 Å². The topological polar surface area (TPSA) is 53.0 Å². The molecular weight excluding hydrogens is 392 g/mol. The molecule has 1 aliphatic heterocycles. The van der Waals surface area contributed by atoms with Gasteiger partial charge in [-0.2, -0.15) is 0 Å². The molecule has 2 aromatic rings. The van der Waals surface area contributed by atoms with Gasteiger partial charge in [-0.25, -0.2) is 9.18 Å². The summed E-state index contributed by atoms with van der Waals surface area (Å²) < 4.78 is 56.3. The number of carbonyl (C=O) groups is 1. The van der Waals surface area contributed by atoms with Crippen molar-refractivity contribution < 1.29 is 32.2 Å². The standard InChI is InChI=1S/C20H20F4N2O3/c21-16-6-3-5-14(12-16)17(25-8-10-26(11-9-25)19(27)28)13-15-4-1-2-7-18(15)29-20(22,23)24/h1-7,12,17H,8-11,13H2,(H,27,28). The van der Waals surface area contributed by atoms with Crippen LogP contribution in [0.2, 0.25) is 0 Å². The number of nitrogens with zero attached hydrogens (tertiary/aromatic N) is 2. The number of hydrogen-bond acceptors (Lipinski definition) is 3. The van der Waals surface area contributed by atoms with Crippen LogP contribution in [0.5, 0.6) is 5.75 Å². The highest BCUT2D eigenvalue weighted by molar-refractivity contribution is 5.65. The Bertz CT molecular complexity index is 852. The van der Waals surface area contributed by atoms with Crippen molar-refractivity contribution in [2.45, 2.75) is 18.8 Å². The van der Waals surface area contributed by atoms with Crippen LogP contribution in [-0.4, -0.2) is 53.5 Å². The maximum absolute atomic E-state index is 13.8. The van der Waals surface area contributed by atoms with Crippen LogP contribution in [0, 0.1) is 5.82 Å². The molecule has 0 bridgehead atoms. The van der Waals surface area contributed by atoms with Crippen molar-refractivity contribution in [1.82, 2.24) is 9.80 Å². The fraction of sp³-hybridized carbons (Fsp3) is 0.350. The monoisotopic (exact) mass is 412 g/mol. The first kappa shape index (κ1) is 20.9. The Hall–Kier alpha value is -2.81. The molecule has 1 atom stereocenters. The molecule has 0 saturated carbocycles. The van der Waals surface area contributed by atoms with Gasteiger partial charge in [-0.3, -0.25) is 4.90 Å². The summed E-state index contributed by atoms with van der Waals surface area (Å²) in [7, 11) is 0. The molecule has 1 fully saturated rings. The maximum atomic E-state index is 13.8. The Morgan fingerprint density at radius 3 is 2.38 bits per heavy atom. The zero-order valence-corrected chi connectivity index (χ0v) is 15.4. The second kappa shape index (κ2) is 8.69. The van der Waals surface area contributed by atoms with Crippen molar-refractivity contribution in [3.8, 4) is 5.75 Å². The van der Waals surface area contributed by atoms with E-state index in [1.807, 2.05) is 4.90 Å². The van der Waals surface area contributed by atoms with E-state index in [9.17, 15) is 22.4 Å². The third-order valence-corrected chi connectivity index (χ3v) is 4.87. The lowest BCUT2D eigenvalue weighted by Gasteiger charge is -2.38. The Morgan fingerprint density at radius 2 is 1.76 bits per heavy atom. The van der Waals surface area contributed by atoms with Crippen LogP contribution in [-0.2, 0) is 6.42 Å². The van der Waals surface area contributed by atoms with Gasteiger partial charge in [0.25, 0.3) is 0 Å². The van der Waals surface area contributed by atoms with Gasteiger partial charge in [-0.15, -0.1) is 13.2 Å². The quantitative estimate of drug-likeness (QED) is 0.744. The number of rotatable bonds is 5. The van der Waals surface area contributed by atoms with Crippen molar-refractivity contribution in [1.29, 1.82) is 0 Å². The number of piperazine rings is 1. The number of benzene rings is 2. The lowest BCUT2D eigenvalue weighted by molar-refractivity contribution is -0.274. The van der Waals surface area contributed by atoms with Gasteiger partial charge in [-0.1, -0.05) is 30.3 Å². The first-order valence-corrected chi connectivity index (χ1v) is 9.04. The molecule has 1 N–H and O–H groups in total. The lowest BCUT2D eigenvalue weighted by atomic mass is 9.96. The highest BCUT2D eigenvalue weighted by atomic mass is 19.4. The van der Waals surface area contributed by atoms with E-state index in [0.29, 0.717) is 24.2 Å². The first-order chi connectivity index (χ1) is 13.7. The van der Waals surface area contributed by atoms with Gasteiger partial charge in [0, 0.05) is 32.2 Å². The number of para-hydroxylation sites is 1. The third kappa shape index (κ3) is 5.60. The highest BCUT2D eigenvalue weighted by Crippen LogP contribution is 2.33. The minimum atomic E-state index is -4.82. The predicted molar refractivity (Wildman–Crippen MR) is 97.1 cm³/mol. The molecule has 0 aliphatic carbocycles. The fourth-order valence-corrected chi connectivity index (χ4v) is 3.50. The molecule has 1 amide bonds. The summed E-state index contributed by atoms with van der Waals surface area (Å²) in [5, 5.41) is 9.13. The van der Waals surface area contributed by atoms with Gasteiger partial charge < -0.3 is 14.7 Å². The van der Waals surface area contributed by atoms with Gasteiger partial charge >= 0.3 is 12.5 Å². The largest absolute Gasteiger partial charge is 0.573 e. The van der Waals surface area contributed by atoms with E-state index in [4.69, 9.17) is 5.11 Å². The number of alkyl halides is 3. The summed E-state index contributed by atoms with van der Waals surface area (Å²) in [4.78, 5) is 14.4. The van der Waals surface area contributed by atoms with Gasteiger partial charge in [0.2, 0.25) is 0 Å². The van der Waals surface area contributed by atoms with Crippen molar-refractivity contribution in [3.63, 3.8) is 0 Å². The Kier molecular flexibility index (Phi) is 6.26. The molecule has 1 unspecified atom stereocenters. The minimum absolute atomic E-state index is 0.156. The van der Waals surface area contributed by atoms with Gasteiger partial charge in [-0.05, 0) is 35.7 Å². The van der Waals surface area contributed by atoms with E-state index in [1.165, 1.54) is 29.2 Å². The zero-order chi connectivity index (χ0) is 21.0.